The zero-order chi connectivity index (χ0) is 21.2. The van der Waals surface area contributed by atoms with Gasteiger partial charge in [-0.25, -0.2) is 0 Å². The van der Waals surface area contributed by atoms with E-state index >= 15 is 0 Å². The summed E-state index contributed by atoms with van der Waals surface area (Å²) in [6.45, 7) is 10.3. The summed E-state index contributed by atoms with van der Waals surface area (Å²) in [6.07, 6.45) is 7.69. The molecule has 168 valence electrons. The SMILES string of the molecule is CCOCCC1(CNC(=NC)NCC2CC(C)N(Cc3ccccc3)C2)CCCC1. The molecule has 2 atom stereocenters. The van der Waals surface area contributed by atoms with Crippen molar-refractivity contribution in [2.45, 2.75) is 65.0 Å². The van der Waals surface area contributed by atoms with E-state index in [0.29, 0.717) is 17.4 Å². The average molecular weight is 415 g/mol. The van der Waals surface area contributed by atoms with Gasteiger partial charge in [0.1, 0.15) is 0 Å². The highest BCUT2D eigenvalue weighted by atomic mass is 16.5. The maximum Gasteiger partial charge on any atom is 0.191 e. The van der Waals surface area contributed by atoms with Crippen LogP contribution in [0.2, 0.25) is 0 Å². The second-order valence-electron chi connectivity index (χ2n) is 9.33. The monoisotopic (exact) mass is 414 g/mol. The number of likely N-dealkylation sites (tertiary alicyclic amines) is 1. The van der Waals surface area contributed by atoms with Gasteiger partial charge in [0.05, 0.1) is 0 Å². The van der Waals surface area contributed by atoms with Crippen LogP contribution in [0.25, 0.3) is 0 Å². The minimum Gasteiger partial charge on any atom is -0.382 e. The molecule has 5 heteroatoms. The first-order valence-electron chi connectivity index (χ1n) is 11.9. The van der Waals surface area contributed by atoms with Gasteiger partial charge in [0, 0.05) is 52.5 Å². The standard InChI is InChI=1S/C25H42N4O/c1-4-30-15-14-25(12-8-9-13-25)20-28-24(26-3)27-17-23-16-21(2)29(19-23)18-22-10-6-5-7-11-22/h5-7,10-11,21,23H,4,8-9,12-20H2,1-3H3,(H2,26,27,28). The zero-order valence-electron chi connectivity index (χ0n) is 19.3. The van der Waals surface area contributed by atoms with Crippen LogP contribution in [0.4, 0.5) is 0 Å². The minimum atomic E-state index is 0.376. The third kappa shape index (κ3) is 6.71. The van der Waals surface area contributed by atoms with Gasteiger partial charge >= 0.3 is 0 Å². The van der Waals surface area contributed by atoms with E-state index in [2.05, 4.69) is 64.7 Å². The summed E-state index contributed by atoms with van der Waals surface area (Å²) in [6, 6.07) is 11.5. The second-order valence-corrected chi connectivity index (χ2v) is 9.33. The number of rotatable bonds is 10. The van der Waals surface area contributed by atoms with Crippen LogP contribution in [0, 0.1) is 11.3 Å². The lowest BCUT2D eigenvalue weighted by molar-refractivity contribution is 0.105. The van der Waals surface area contributed by atoms with Crippen molar-refractivity contribution in [2.24, 2.45) is 16.3 Å². The highest BCUT2D eigenvalue weighted by molar-refractivity contribution is 5.79. The van der Waals surface area contributed by atoms with Crippen LogP contribution in [0.15, 0.2) is 35.3 Å². The van der Waals surface area contributed by atoms with Crippen LogP contribution in [-0.2, 0) is 11.3 Å². The third-order valence-corrected chi connectivity index (χ3v) is 7.08. The van der Waals surface area contributed by atoms with E-state index in [1.54, 1.807) is 0 Å². The minimum absolute atomic E-state index is 0.376. The van der Waals surface area contributed by atoms with E-state index in [1.807, 2.05) is 7.05 Å². The normalized spacial score (nSPS) is 24.3. The molecule has 1 saturated heterocycles. The lowest BCUT2D eigenvalue weighted by Gasteiger charge is -2.30. The Morgan fingerprint density at radius 1 is 1.20 bits per heavy atom. The molecule has 0 aromatic heterocycles. The molecule has 1 saturated carbocycles. The molecule has 5 nitrogen and oxygen atoms in total. The fourth-order valence-corrected chi connectivity index (χ4v) is 5.21. The van der Waals surface area contributed by atoms with Crippen molar-refractivity contribution in [1.82, 2.24) is 15.5 Å². The molecular weight excluding hydrogens is 372 g/mol. The van der Waals surface area contributed by atoms with Crippen molar-refractivity contribution in [3.63, 3.8) is 0 Å². The summed E-state index contributed by atoms with van der Waals surface area (Å²) in [5.41, 5.74) is 1.78. The molecule has 0 bridgehead atoms. The Balaban J connectivity index is 1.42. The van der Waals surface area contributed by atoms with Crippen LogP contribution >= 0.6 is 0 Å². The second kappa shape index (κ2) is 11.7. The van der Waals surface area contributed by atoms with Crippen LogP contribution in [0.5, 0.6) is 0 Å². The molecule has 3 rings (SSSR count). The predicted molar refractivity (Wildman–Crippen MR) is 126 cm³/mol. The quantitative estimate of drug-likeness (QED) is 0.344. The lowest BCUT2D eigenvalue weighted by atomic mass is 9.83. The van der Waals surface area contributed by atoms with Crippen molar-refractivity contribution in [3.8, 4) is 0 Å². The fourth-order valence-electron chi connectivity index (χ4n) is 5.21. The number of aliphatic imine (C=N–C) groups is 1. The van der Waals surface area contributed by atoms with E-state index in [1.165, 1.54) is 37.7 Å². The molecule has 0 amide bonds. The maximum atomic E-state index is 5.65. The number of benzene rings is 1. The molecule has 1 aromatic carbocycles. The largest absolute Gasteiger partial charge is 0.382 e. The van der Waals surface area contributed by atoms with Crippen molar-refractivity contribution < 1.29 is 4.74 Å². The number of guanidine groups is 1. The van der Waals surface area contributed by atoms with Gasteiger partial charge in [-0.1, -0.05) is 43.2 Å². The Kier molecular flexibility index (Phi) is 9.01. The van der Waals surface area contributed by atoms with E-state index in [9.17, 15) is 0 Å². The number of nitrogens with one attached hydrogen (secondary N) is 2. The topological polar surface area (TPSA) is 48.9 Å². The van der Waals surface area contributed by atoms with Crippen LogP contribution in [0.3, 0.4) is 0 Å². The summed E-state index contributed by atoms with van der Waals surface area (Å²) in [7, 11) is 1.88. The van der Waals surface area contributed by atoms with Crippen molar-refractivity contribution in [1.29, 1.82) is 0 Å². The molecule has 1 aromatic rings. The molecule has 2 aliphatic rings. The highest BCUT2D eigenvalue weighted by Crippen LogP contribution is 2.40. The van der Waals surface area contributed by atoms with Gasteiger partial charge < -0.3 is 15.4 Å². The lowest BCUT2D eigenvalue weighted by Crippen LogP contribution is -2.45. The van der Waals surface area contributed by atoms with Gasteiger partial charge in [0.2, 0.25) is 0 Å². The van der Waals surface area contributed by atoms with Gasteiger partial charge in [-0.05, 0) is 56.4 Å². The van der Waals surface area contributed by atoms with Crippen LogP contribution in [0.1, 0.15) is 57.9 Å². The average Bonchev–Trinajstić information content (AvgIpc) is 3.36. The summed E-state index contributed by atoms with van der Waals surface area (Å²) in [4.78, 5) is 7.10. The van der Waals surface area contributed by atoms with Crippen molar-refractivity contribution >= 4 is 5.96 Å². The van der Waals surface area contributed by atoms with Gasteiger partial charge in [-0.2, -0.15) is 0 Å². The molecule has 1 aliphatic heterocycles. The van der Waals surface area contributed by atoms with Crippen LogP contribution < -0.4 is 10.6 Å². The van der Waals surface area contributed by atoms with Crippen LogP contribution in [-0.4, -0.2) is 56.8 Å². The third-order valence-electron chi connectivity index (χ3n) is 7.08. The Morgan fingerprint density at radius 2 is 1.97 bits per heavy atom. The predicted octanol–water partition coefficient (Wildman–Crippen LogP) is 4.05. The molecular formula is C25H42N4O. The summed E-state index contributed by atoms with van der Waals surface area (Å²) in [5.74, 6) is 1.62. The van der Waals surface area contributed by atoms with Crippen molar-refractivity contribution in [2.75, 3.05) is 39.9 Å². The summed E-state index contributed by atoms with van der Waals surface area (Å²) < 4.78 is 5.65. The van der Waals surface area contributed by atoms with Crippen molar-refractivity contribution in [3.05, 3.63) is 35.9 Å². The first kappa shape index (κ1) is 23.1. The Bertz CT molecular complexity index is 642. The van der Waals surface area contributed by atoms with E-state index in [0.717, 1.165) is 51.8 Å². The van der Waals surface area contributed by atoms with E-state index < -0.39 is 0 Å². The molecule has 0 radical (unpaired) electrons. The Labute approximate surface area is 183 Å². The fraction of sp³-hybridized carbons (Fsp3) is 0.720. The Morgan fingerprint density at radius 3 is 2.67 bits per heavy atom. The summed E-state index contributed by atoms with van der Waals surface area (Å²) in [5, 5.41) is 7.24. The first-order valence-corrected chi connectivity index (χ1v) is 11.9. The summed E-state index contributed by atoms with van der Waals surface area (Å²) >= 11 is 0. The maximum absolute atomic E-state index is 5.65. The van der Waals surface area contributed by atoms with Gasteiger partial charge in [0.15, 0.2) is 5.96 Å². The molecule has 1 heterocycles. The molecule has 2 unspecified atom stereocenters. The Hall–Kier alpha value is -1.59. The van der Waals surface area contributed by atoms with Gasteiger partial charge in [0.25, 0.3) is 0 Å². The number of hydrogen-bond donors (Lipinski definition) is 2. The molecule has 1 aliphatic carbocycles. The number of hydrogen-bond acceptors (Lipinski definition) is 3. The molecule has 2 N–H and O–H groups in total. The first-order chi connectivity index (χ1) is 14.6. The van der Waals surface area contributed by atoms with E-state index in [4.69, 9.17) is 4.74 Å². The molecule has 30 heavy (non-hydrogen) atoms. The number of nitrogens with zero attached hydrogens (tertiary/aromatic N) is 2. The smallest absolute Gasteiger partial charge is 0.191 e. The zero-order valence-corrected chi connectivity index (χ0v) is 19.3. The number of ether oxygens (including phenoxy) is 1. The van der Waals surface area contributed by atoms with E-state index in [-0.39, 0.29) is 0 Å². The van der Waals surface area contributed by atoms with Gasteiger partial charge in [-0.15, -0.1) is 0 Å². The molecule has 0 spiro atoms. The molecule has 2 fully saturated rings. The van der Waals surface area contributed by atoms with Gasteiger partial charge in [-0.3, -0.25) is 9.89 Å². The highest BCUT2D eigenvalue weighted by Gasteiger charge is 2.34.